The van der Waals surface area contributed by atoms with Gasteiger partial charge in [-0.15, -0.1) is 0 Å². The van der Waals surface area contributed by atoms with Crippen LogP contribution < -0.4 is 16.1 Å². The monoisotopic (exact) mass is 400 g/mol. The molecule has 1 aromatic carbocycles. The van der Waals surface area contributed by atoms with Crippen LogP contribution >= 0.6 is 11.6 Å². The van der Waals surface area contributed by atoms with E-state index < -0.39 is 21.4 Å². The number of aromatic amines is 2. The van der Waals surface area contributed by atoms with Gasteiger partial charge in [0.25, 0.3) is 15.7 Å². The van der Waals surface area contributed by atoms with Gasteiger partial charge in [0.1, 0.15) is 16.7 Å². The number of H-pyrrole nitrogens is 2. The van der Waals surface area contributed by atoms with E-state index in [0.29, 0.717) is 18.8 Å². The number of aromatic nitrogens is 2. The smallest absolute Gasteiger partial charge is 0.315 e. The van der Waals surface area contributed by atoms with Crippen LogP contribution in [0.3, 0.4) is 0 Å². The third-order valence-corrected chi connectivity index (χ3v) is 4.79. The lowest BCUT2D eigenvalue weighted by molar-refractivity contribution is 0.483. The van der Waals surface area contributed by atoms with E-state index in [0.717, 1.165) is 12.0 Å². The third kappa shape index (κ3) is 4.81. The molecule has 0 spiro atoms. The summed E-state index contributed by atoms with van der Waals surface area (Å²) in [6, 6.07) is 5.99. The molecule has 9 nitrogen and oxygen atoms in total. The summed E-state index contributed by atoms with van der Waals surface area (Å²) in [5.74, 6) is 0.575. The van der Waals surface area contributed by atoms with Gasteiger partial charge < -0.3 is 4.90 Å². The average molecular weight is 401 g/mol. The van der Waals surface area contributed by atoms with Crippen LogP contribution in [0, 0.1) is 12.3 Å². The van der Waals surface area contributed by atoms with E-state index in [-0.39, 0.29) is 15.7 Å². The molecule has 4 N–H and O–H groups in total. The summed E-state index contributed by atoms with van der Waals surface area (Å²) in [6.07, 6.45) is 1.45. The third-order valence-electron chi connectivity index (χ3n) is 3.58. The molecule has 0 amide bonds. The molecule has 1 aromatic heterocycles. The molecule has 0 unspecified atom stereocenters. The number of rotatable bonds is 2. The Morgan fingerprint density at radius 3 is 2.31 bits per heavy atom. The molecule has 1 saturated heterocycles. The lowest BCUT2D eigenvalue weighted by atomic mass is 10.2. The van der Waals surface area contributed by atoms with Gasteiger partial charge in [0.05, 0.1) is 4.90 Å². The van der Waals surface area contributed by atoms with Gasteiger partial charge in [0, 0.05) is 13.0 Å². The topological polar surface area (TPSA) is 147 Å². The summed E-state index contributed by atoms with van der Waals surface area (Å²) in [5.41, 5.74) is -0.286. The summed E-state index contributed by atoms with van der Waals surface area (Å²) in [6.45, 7) is 2.44. The quantitative estimate of drug-likeness (QED) is 0.562. The number of amidine groups is 1. The van der Waals surface area contributed by atoms with Gasteiger partial charge in [0.2, 0.25) is 0 Å². The van der Waals surface area contributed by atoms with Crippen molar-refractivity contribution in [1.29, 1.82) is 5.41 Å². The minimum absolute atomic E-state index is 0.0666. The standard InChI is InChI=1S/C8H9ClN4O2.C7H8O3S/c9-5-6(11-8(15)12-7(5)14)13-3-1-2-4(13)10;1-6-2-4-7(5-3-6)11(8,9)10/h10H,1-3H2,(H2,11,12,14,15);2-5H,1H3,(H,8,9,10). The van der Waals surface area contributed by atoms with Crippen LogP contribution in [0.2, 0.25) is 5.02 Å². The first-order valence-electron chi connectivity index (χ1n) is 7.51. The van der Waals surface area contributed by atoms with Crippen LogP contribution in [-0.2, 0) is 10.1 Å². The molecule has 0 radical (unpaired) electrons. The van der Waals surface area contributed by atoms with Crippen LogP contribution in [0.4, 0.5) is 5.82 Å². The average Bonchev–Trinajstić information content (AvgIpc) is 2.97. The van der Waals surface area contributed by atoms with Gasteiger partial charge in [-0.05, 0) is 25.5 Å². The minimum atomic E-state index is -4.02. The Balaban J connectivity index is 0.000000197. The van der Waals surface area contributed by atoms with Crippen molar-refractivity contribution < 1.29 is 13.0 Å². The minimum Gasteiger partial charge on any atom is -0.315 e. The Labute approximate surface area is 153 Å². The van der Waals surface area contributed by atoms with Crippen LogP contribution in [0.25, 0.3) is 0 Å². The largest absolute Gasteiger partial charge is 0.327 e. The molecule has 26 heavy (non-hydrogen) atoms. The number of benzene rings is 1. The van der Waals surface area contributed by atoms with Crippen LogP contribution in [-0.4, -0.2) is 35.3 Å². The SMILES string of the molecule is Cc1ccc(S(=O)(=O)O)cc1.N=C1CCCN1c1[nH]c(=O)[nH]c(=O)c1Cl. The summed E-state index contributed by atoms with van der Waals surface area (Å²) in [5, 5.41) is 7.53. The van der Waals surface area contributed by atoms with E-state index >= 15 is 0 Å². The number of nitrogens with one attached hydrogen (secondary N) is 3. The number of halogens is 1. The molecule has 0 atom stereocenters. The fraction of sp³-hybridized carbons (Fsp3) is 0.267. The zero-order valence-corrected chi connectivity index (χ0v) is 15.3. The Bertz CT molecular complexity index is 1030. The first kappa shape index (κ1) is 19.9. The zero-order chi connectivity index (χ0) is 19.5. The highest BCUT2D eigenvalue weighted by Gasteiger charge is 2.22. The predicted octanol–water partition coefficient (Wildman–Crippen LogP) is 1.54. The van der Waals surface area contributed by atoms with E-state index in [9.17, 15) is 18.0 Å². The molecule has 140 valence electrons. The van der Waals surface area contributed by atoms with E-state index in [1.807, 2.05) is 11.9 Å². The maximum absolute atomic E-state index is 11.2. The molecular weight excluding hydrogens is 384 g/mol. The number of hydrogen-bond acceptors (Lipinski definition) is 5. The van der Waals surface area contributed by atoms with Crippen molar-refractivity contribution in [2.24, 2.45) is 0 Å². The first-order valence-corrected chi connectivity index (χ1v) is 9.32. The fourth-order valence-electron chi connectivity index (χ4n) is 2.28. The van der Waals surface area contributed by atoms with Crippen LogP contribution in [0.5, 0.6) is 0 Å². The second-order valence-electron chi connectivity index (χ2n) is 5.56. The molecule has 1 aliphatic heterocycles. The van der Waals surface area contributed by atoms with Crippen molar-refractivity contribution in [1.82, 2.24) is 9.97 Å². The Hall–Kier alpha value is -2.43. The maximum atomic E-state index is 11.2. The van der Waals surface area contributed by atoms with Crippen molar-refractivity contribution in [2.45, 2.75) is 24.7 Å². The predicted molar refractivity (Wildman–Crippen MR) is 98.0 cm³/mol. The van der Waals surface area contributed by atoms with E-state index in [4.69, 9.17) is 21.6 Å². The highest BCUT2D eigenvalue weighted by Crippen LogP contribution is 2.22. The zero-order valence-electron chi connectivity index (χ0n) is 13.7. The normalized spacial score (nSPS) is 14.1. The summed E-state index contributed by atoms with van der Waals surface area (Å²) < 4.78 is 29.6. The van der Waals surface area contributed by atoms with Gasteiger partial charge >= 0.3 is 5.69 Å². The number of nitrogens with zero attached hydrogens (tertiary/aromatic N) is 1. The number of aryl methyl sites for hydroxylation is 1. The summed E-state index contributed by atoms with van der Waals surface area (Å²) in [4.78, 5) is 28.2. The number of anilines is 1. The molecule has 1 fully saturated rings. The molecular formula is C15H17ClN4O5S. The molecule has 0 bridgehead atoms. The van der Waals surface area contributed by atoms with Crippen molar-refractivity contribution in [2.75, 3.05) is 11.4 Å². The molecule has 2 aromatic rings. The fourth-order valence-corrected chi connectivity index (χ4v) is 2.95. The van der Waals surface area contributed by atoms with E-state index in [2.05, 4.69) is 4.98 Å². The maximum Gasteiger partial charge on any atom is 0.327 e. The summed E-state index contributed by atoms with van der Waals surface area (Å²) >= 11 is 5.76. The van der Waals surface area contributed by atoms with Gasteiger partial charge in [-0.2, -0.15) is 8.42 Å². The molecule has 11 heteroatoms. The lowest BCUT2D eigenvalue weighted by Gasteiger charge is -2.17. The Kier molecular flexibility index (Phi) is 6.01. The molecule has 2 heterocycles. The van der Waals surface area contributed by atoms with Crippen molar-refractivity contribution in [3.8, 4) is 0 Å². The molecule has 1 aliphatic rings. The van der Waals surface area contributed by atoms with E-state index in [1.54, 1.807) is 17.0 Å². The van der Waals surface area contributed by atoms with Crippen LogP contribution in [0.1, 0.15) is 18.4 Å². The van der Waals surface area contributed by atoms with E-state index in [1.165, 1.54) is 12.1 Å². The van der Waals surface area contributed by atoms with Gasteiger partial charge in [0.15, 0.2) is 0 Å². The second kappa shape index (κ2) is 7.85. The van der Waals surface area contributed by atoms with Crippen LogP contribution in [0.15, 0.2) is 38.8 Å². The molecule has 0 saturated carbocycles. The van der Waals surface area contributed by atoms with Crippen molar-refractivity contribution in [3.63, 3.8) is 0 Å². The lowest BCUT2D eigenvalue weighted by Crippen LogP contribution is -2.31. The number of hydrogen-bond donors (Lipinski definition) is 4. The summed E-state index contributed by atoms with van der Waals surface area (Å²) in [7, 11) is -4.02. The van der Waals surface area contributed by atoms with Gasteiger partial charge in [-0.25, -0.2) is 4.79 Å². The van der Waals surface area contributed by atoms with Crippen molar-refractivity contribution >= 4 is 33.4 Å². The first-order chi connectivity index (χ1) is 12.1. The van der Waals surface area contributed by atoms with Gasteiger partial charge in [-0.3, -0.25) is 24.7 Å². The van der Waals surface area contributed by atoms with Crippen molar-refractivity contribution in [3.05, 3.63) is 55.7 Å². The molecule has 0 aliphatic carbocycles. The van der Waals surface area contributed by atoms with Gasteiger partial charge in [-0.1, -0.05) is 29.3 Å². The highest BCUT2D eigenvalue weighted by molar-refractivity contribution is 7.85. The highest BCUT2D eigenvalue weighted by atomic mass is 35.5. The second-order valence-corrected chi connectivity index (χ2v) is 7.36. The Morgan fingerprint density at radius 2 is 1.81 bits per heavy atom. The molecule has 3 rings (SSSR count). The Morgan fingerprint density at radius 1 is 1.19 bits per heavy atom.